The molecular weight excluding hydrogens is 455 g/mol. The van der Waals surface area contributed by atoms with Crippen LogP contribution >= 0.6 is 23.2 Å². The van der Waals surface area contributed by atoms with Gasteiger partial charge in [-0.1, -0.05) is 59.6 Å². The molecule has 0 bridgehead atoms. The molecule has 2 amide bonds. The van der Waals surface area contributed by atoms with E-state index in [1.807, 2.05) is 48.5 Å². The van der Waals surface area contributed by atoms with Crippen molar-refractivity contribution in [2.24, 2.45) is 0 Å². The van der Waals surface area contributed by atoms with Crippen LogP contribution in [0.2, 0.25) is 10.0 Å². The van der Waals surface area contributed by atoms with Gasteiger partial charge in [0.25, 0.3) is 11.8 Å². The first kappa shape index (κ1) is 22.6. The van der Waals surface area contributed by atoms with E-state index in [4.69, 9.17) is 23.2 Å². The van der Waals surface area contributed by atoms with Crippen molar-refractivity contribution >= 4 is 46.4 Å². The number of rotatable bonds is 6. The summed E-state index contributed by atoms with van der Waals surface area (Å²) in [6.45, 7) is 0. The fourth-order valence-corrected chi connectivity index (χ4v) is 3.69. The monoisotopic (exact) mass is 474 g/mol. The number of benzene rings is 4. The molecule has 0 aromatic heterocycles. The fraction of sp³-hybridized carbons (Fsp3) is 0.0370. The van der Waals surface area contributed by atoms with Crippen LogP contribution in [-0.2, 0) is 6.42 Å². The number of nitrogens with one attached hydrogen (secondary N) is 2. The Morgan fingerprint density at radius 1 is 0.576 bits per heavy atom. The summed E-state index contributed by atoms with van der Waals surface area (Å²) in [5, 5.41) is 6.79. The first-order valence-electron chi connectivity index (χ1n) is 10.3. The molecule has 4 rings (SSSR count). The molecule has 0 fully saturated rings. The Bertz CT molecular complexity index is 1190. The summed E-state index contributed by atoms with van der Waals surface area (Å²) in [6, 6.07) is 29.0. The summed E-state index contributed by atoms with van der Waals surface area (Å²) < 4.78 is 0. The van der Waals surface area contributed by atoms with Crippen molar-refractivity contribution in [3.05, 3.63) is 129 Å². The van der Waals surface area contributed by atoms with Crippen LogP contribution in [0, 0.1) is 0 Å². The molecule has 0 saturated heterocycles. The highest BCUT2D eigenvalue weighted by Gasteiger charge is 2.08. The third-order valence-corrected chi connectivity index (χ3v) is 5.48. The molecule has 164 valence electrons. The van der Waals surface area contributed by atoms with E-state index in [1.165, 1.54) is 0 Å². The van der Waals surface area contributed by atoms with Crippen LogP contribution in [0.3, 0.4) is 0 Å². The summed E-state index contributed by atoms with van der Waals surface area (Å²) in [7, 11) is 0. The molecule has 33 heavy (non-hydrogen) atoms. The zero-order valence-corrected chi connectivity index (χ0v) is 19.0. The molecule has 0 aliphatic heterocycles. The van der Waals surface area contributed by atoms with E-state index in [0.717, 1.165) is 17.5 Å². The lowest BCUT2D eigenvalue weighted by atomic mass is 10.0. The number of amides is 2. The van der Waals surface area contributed by atoms with E-state index < -0.39 is 0 Å². The van der Waals surface area contributed by atoms with Gasteiger partial charge in [-0.2, -0.15) is 0 Å². The molecule has 0 unspecified atom stereocenters. The maximum Gasteiger partial charge on any atom is 0.255 e. The van der Waals surface area contributed by atoms with Crippen LogP contribution in [-0.4, -0.2) is 11.8 Å². The molecule has 2 N–H and O–H groups in total. The summed E-state index contributed by atoms with van der Waals surface area (Å²) in [5.74, 6) is -0.415. The molecule has 0 aliphatic carbocycles. The average Bonchev–Trinajstić information content (AvgIpc) is 2.81. The summed E-state index contributed by atoms with van der Waals surface area (Å²) in [6.07, 6.45) is 0.727. The zero-order valence-electron chi connectivity index (χ0n) is 17.5. The average molecular weight is 475 g/mol. The van der Waals surface area contributed by atoms with E-state index in [0.29, 0.717) is 32.5 Å². The lowest BCUT2D eigenvalue weighted by Gasteiger charge is -2.09. The number of carbonyl (C=O) groups is 2. The van der Waals surface area contributed by atoms with Crippen LogP contribution in [0.15, 0.2) is 97.1 Å². The topological polar surface area (TPSA) is 58.2 Å². The minimum atomic E-state index is -0.208. The van der Waals surface area contributed by atoms with Gasteiger partial charge >= 0.3 is 0 Å². The standard InChI is InChI=1S/C27H20Cl2N2O2/c28-22-5-1-3-20(16-22)26(32)30-24-11-7-18(8-12-24)15-19-9-13-25(14-10-19)31-27(33)21-4-2-6-23(29)17-21/h1-14,16-17H,15H2,(H,30,32)(H,31,33). The third-order valence-electron chi connectivity index (χ3n) is 5.01. The van der Waals surface area contributed by atoms with E-state index in [9.17, 15) is 9.59 Å². The van der Waals surface area contributed by atoms with Gasteiger partial charge in [-0.3, -0.25) is 9.59 Å². The van der Waals surface area contributed by atoms with Gasteiger partial charge in [-0.15, -0.1) is 0 Å². The van der Waals surface area contributed by atoms with Crippen molar-refractivity contribution in [2.75, 3.05) is 10.6 Å². The van der Waals surface area contributed by atoms with E-state index in [-0.39, 0.29) is 11.8 Å². The Balaban J connectivity index is 1.34. The second-order valence-electron chi connectivity index (χ2n) is 7.50. The Hall–Kier alpha value is -3.60. The Labute approximate surface area is 202 Å². The van der Waals surface area contributed by atoms with Crippen LogP contribution < -0.4 is 10.6 Å². The first-order chi connectivity index (χ1) is 16.0. The molecule has 0 saturated carbocycles. The van der Waals surface area contributed by atoms with Gasteiger partial charge in [0.15, 0.2) is 0 Å². The molecule has 4 aromatic rings. The second-order valence-corrected chi connectivity index (χ2v) is 8.37. The molecule has 4 aromatic carbocycles. The lowest BCUT2D eigenvalue weighted by molar-refractivity contribution is 0.101. The highest BCUT2D eigenvalue weighted by atomic mass is 35.5. The number of hydrogen-bond donors (Lipinski definition) is 2. The van der Waals surface area contributed by atoms with Crippen molar-refractivity contribution in [2.45, 2.75) is 6.42 Å². The highest BCUT2D eigenvalue weighted by molar-refractivity contribution is 6.31. The molecule has 0 radical (unpaired) electrons. The summed E-state index contributed by atoms with van der Waals surface area (Å²) in [4.78, 5) is 24.7. The van der Waals surface area contributed by atoms with E-state index >= 15 is 0 Å². The predicted molar refractivity (Wildman–Crippen MR) is 135 cm³/mol. The van der Waals surface area contributed by atoms with Gasteiger partial charge in [-0.25, -0.2) is 0 Å². The predicted octanol–water partition coefficient (Wildman–Crippen LogP) is 7.09. The van der Waals surface area contributed by atoms with Gasteiger partial charge in [0.1, 0.15) is 0 Å². The summed E-state index contributed by atoms with van der Waals surface area (Å²) in [5.41, 5.74) is 4.65. The number of hydrogen-bond acceptors (Lipinski definition) is 2. The van der Waals surface area contributed by atoms with Gasteiger partial charge in [-0.05, 0) is 78.2 Å². The summed E-state index contributed by atoms with van der Waals surface area (Å²) >= 11 is 11.9. The van der Waals surface area contributed by atoms with Crippen molar-refractivity contribution in [3.63, 3.8) is 0 Å². The molecule has 0 aliphatic rings. The molecule has 0 atom stereocenters. The van der Waals surface area contributed by atoms with Gasteiger partial charge in [0.2, 0.25) is 0 Å². The van der Waals surface area contributed by atoms with Crippen LogP contribution in [0.4, 0.5) is 11.4 Å². The molecular formula is C27H20Cl2N2O2. The first-order valence-corrected chi connectivity index (χ1v) is 11.0. The van der Waals surface area contributed by atoms with Crippen LogP contribution in [0.1, 0.15) is 31.8 Å². The normalized spacial score (nSPS) is 10.5. The number of anilines is 2. The second kappa shape index (κ2) is 10.3. The minimum absolute atomic E-state index is 0.208. The third kappa shape index (κ3) is 6.22. The van der Waals surface area contributed by atoms with Gasteiger partial charge in [0.05, 0.1) is 0 Å². The zero-order chi connectivity index (χ0) is 23.2. The Morgan fingerprint density at radius 2 is 0.970 bits per heavy atom. The van der Waals surface area contributed by atoms with Crippen molar-refractivity contribution in [3.8, 4) is 0 Å². The minimum Gasteiger partial charge on any atom is -0.322 e. The molecule has 0 heterocycles. The van der Waals surface area contributed by atoms with Crippen LogP contribution in [0.25, 0.3) is 0 Å². The largest absolute Gasteiger partial charge is 0.322 e. The SMILES string of the molecule is O=C(Nc1ccc(Cc2ccc(NC(=O)c3cccc(Cl)c3)cc2)cc1)c1cccc(Cl)c1. The lowest BCUT2D eigenvalue weighted by Crippen LogP contribution is -2.11. The maximum atomic E-state index is 12.4. The Kier molecular flexibility index (Phi) is 7.08. The van der Waals surface area contributed by atoms with E-state index in [2.05, 4.69) is 10.6 Å². The van der Waals surface area contributed by atoms with Crippen molar-refractivity contribution in [1.82, 2.24) is 0 Å². The van der Waals surface area contributed by atoms with Crippen LogP contribution in [0.5, 0.6) is 0 Å². The van der Waals surface area contributed by atoms with Gasteiger partial charge in [0, 0.05) is 32.5 Å². The Morgan fingerprint density at radius 3 is 1.33 bits per heavy atom. The number of carbonyl (C=O) groups excluding carboxylic acids is 2. The van der Waals surface area contributed by atoms with Crippen molar-refractivity contribution in [1.29, 1.82) is 0 Å². The molecule has 0 spiro atoms. The van der Waals surface area contributed by atoms with Crippen molar-refractivity contribution < 1.29 is 9.59 Å². The maximum absolute atomic E-state index is 12.4. The quantitative estimate of drug-likeness (QED) is 0.313. The molecule has 4 nitrogen and oxygen atoms in total. The van der Waals surface area contributed by atoms with Gasteiger partial charge < -0.3 is 10.6 Å². The number of halogens is 2. The van der Waals surface area contributed by atoms with E-state index in [1.54, 1.807) is 48.5 Å². The highest BCUT2D eigenvalue weighted by Crippen LogP contribution is 2.18. The fourth-order valence-electron chi connectivity index (χ4n) is 3.31. The molecule has 6 heteroatoms. The smallest absolute Gasteiger partial charge is 0.255 e.